The molecule has 1 saturated carbocycles. The van der Waals surface area contributed by atoms with Crippen LogP contribution in [0.25, 0.3) is 0 Å². The molecule has 5 heteroatoms. The first-order valence-corrected chi connectivity index (χ1v) is 7.38. The standard InChI is InChI=1S/C16H18FN3O/c17-13-7-4-10(8-11(13)9-18)16-14(19)2-1-3-15(21)20(16)12-5-6-12/h4,7-8,12,14,16H,1-3,5-6,19H2. The Morgan fingerprint density at radius 3 is 2.76 bits per heavy atom. The van der Waals surface area contributed by atoms with Crippen LogP contribution in [0.2, 0.25) is 0 Å². The van der Waals surface area contributed by atoms with E-state index in [0.717, 1.165) is 31.2 Å². The second-order valence-corrected chi connectivity index (χ2v) is 5.88. The van der Waals surface area contributed by atoms with Crippen molar-refractivity contribution in [1.29, 1.82) is 5.26 Å². The molecular weight excluding hydrogens is 269 g/mol. The van der Waals surface area contributed by atoms with E-state index in [0.29, 0.717) is 6.42 Å². The lowest BCUT2D eigenvalue weighted by Crippen LogP contribution is -2.43. The number of hydrogen-bond acceptors (Lipinski definition) is 3. The number of nitriles is 1. The molecule has 1 amide bonds. The average molecular weight is 287 g/mol. The molecule has 1 heterocycles. The molecule has 0 spiro atoms. The summed E-state index contributed by atoms with van der Waals surface area (Å²) >= 11 is 0. The lowest BCUT2D eigenvalue weighted by Gasteiger charge is -2.34. The fourth-order valence-electron chi connectivity index (χ4n) is 3.14. The molecule has 2 unspecified atom stereocenters. The molecule has 2 fully saturated rings. The van der Waals surface area contributed by atoms with E-state index >= 15 is 0 Å². The maximum absolute atomic E-state index is 13.5. The highest BCUT2D eigenvalue weighted by Crippen LogP contribution is 2.39. The molecule has 4 nitrogen and oxygen atoms in total. The minimum absolute atomic E-state index is 0.00661. The van der Waals surface area contributed by atoms with Crippen LogP contribution < -0.4 is 5.73 Å². The monoisotopic (exact) mass is 287 g/mol. The van der Waals surface area contributed by atoms with Crippen LogP contribution in [-0.2, 0) is 4.79 Å². The van der Waals surface area contributed by atoms with E-state index in [1.54, 1.807) is 6.07 Å². The minimum Gasteiger partial charge on any atom is -0.331 e. The van der Waals surface area contributed by atoms with Crippen molar-refractivity contribution in [2.45, 2.75) is 50.2 Å². The predicted octanol–water partition coefficient (Wildman–Crippen LogP) is 2.24. The number of benzene rings is 1. The number of carbonyl (C=O) groups is 1. The Kier molecular flexibility index (Phi) is 3.64. The van der Waals surface area contributed by atoms with Gasteiger partial charge in [-0.05, 0) is 43.4 Å². The fourth-order valence-corrected chi connectivity index (χ4v) is 3.14. The molecule has 2 atom stereocenters. The van der Waals surface area contributed by atoms with Crippen molar-refractivity contribution in [2.75, 3.05) is 0 Å². The molecule has 2 aliphatic rings. The summed E-state index contributed by atoms with van der Waals surface area (Å²) in [5.74, 6) is -0.411. The van der Waals surface area contributed by atoms with Crippen LogP contribution in [0.4, 0.5) is 4.39 Å². The number of nitrogens with zero attached hydrogens (tertiary/aromatic N) is 2. The van der Waals surface area contributed by atoms with Crippen molar-refractivity contribution in [2.24, 2.45) is 5.73 Å². The van der Waals surface area contributed by atoms with Gasteiger partial charge in [0.1, 0.15) is 11.9 Å². The zero-order chi connectivity index (χ0) is 15.0. The molecule has 3 rings (SSSR count). The number of amides is 1. The summed E-state index contributed by atoms with van der Waals surface area (Å²) < 4.78 is 13.5. The lowest BCUT2D eigenvalue weighted by molar-refractivity contribution is -0.133. The summed E-state index contributed by atoms with van der Waals surface area (Å²) in [6.45, 7) is 0. The summed E-state index contributed by atoms with van der Waals surface area (Å²) in [7, 11) is 0. The third-order valence-corrected chi connectivity index (χ3v) is 4.31. The molecule has 1 aliphatic heterocycles. The van der Waals surface area contributed by atoms with E-state index in [4.69, 9.17) is 11.0 Å². The molecule has 110 valence electrons. The molecule has 0 radical (unpaired) electrons. The molecule has 1 saturated heterocycles. The number of likely N-dealkylation sites (tertiary alicyclic amines) is 1. The highest BCUT2D eigenvalue weighted by molar-refractivity contribution is 5.78. The normalized spacial score (nSPS) is 26.3. The van der Waals surface area contributed by atoms with Crippen molar-refractivity contribution in [3.63, 3.8) is 0 Å². The maximum Gasteiger partial charge on any atom is 0.223 e. The van der Waals surface area contributed by atoms with E-state index in [1.807, 2.05) is 11.0 Å². The van der Waals surface area contributed by atoms with Crippen LogP contribution >= 0.6 is 0 Å². The molecule has 1 aliphatic carbocycles. The van der Waals surface area contributed by atoms with Crippen LogP contribution in [0, 0.1) is 17.1 Å². The molecule has 2 N–H and O–H groups in total. The van der Waals surface area contributed by atoms with Gasteiger partial charge in [0.2, 0.25) is 5.91 Å². The first-order chi connectivity index (χ1) is 10.1. The second kappa shape index (κ2) is 5.45. The zero-order valence-electron chi connectivity index (χ0n) is 11.8. The maximum atomic E-state index is 13.5. The van der Waals surface area contributed by atoms with Gasteiger partial charge in [-0.15, -0.1) is 0 Å². The van der Waals surface area contributed by atoms with E-state index in [2.05, 4.69) is 0 Å². The molecular formula is C16H18FN3O. The van der Waals surface area contributed by atoms with Gasteiger partial charge >= 0.3 is 0 Å². The Hall–Kier alpha value is -1.93. The van der Waals surface area contributed by atoms with Crippen LogP contribution in [-0.4, -0.2) is 22.9 Å². The van der Waals surface area contributed by atoms with Crippen molar-refractivity contribution < 1.29 is 9.18 Å². The van der Waals surface area contributed by atoms with Crippen molar-refractivity contribution >= 4 is 5.91 Å². The average Bonchev–Trinajstić information content (AvgIpc) is 3.29. The van der Waals surface area contributed by atoms with Gasteiger partial charge in [-0.25, -0.2) is 4.39 Å². The van der Waals surface area contributed by atoms with E-state index in [-0.39, 0.29) is 29.6 Å². The summed E-state index contributed by atoms with van der Waals surface area (Å²) in [6, 6.07) is 6.16. The van der Waals surface area contributed by atoms with E-state index in [9.17, 15) is 9.18 Å². The first-order valence-electron chi connectivity index (χ1n) is 7.38. The van der Waals surface area contributed by atoms with Gasteiger partial charge in [0, 0.05) is 18.5 Å². The summed E-state index contributed by atoms with van der Waals surface area (Å²) in [4.78, 5) is 14.3. The largest absolute Gasteiger partial charge is 0.331 e. The van der Waals surface area contributed by atoms with Gasteiger partial charge in [-0.2, -0.15) is 5.26 Å². The lowest BCUT2D eigenvalue weighted by atomic mass is 9.94. The van der Waals surface area contributed by atoms with E-state index < -0.39 is 5.82 Å². The number of halogens is 1. The predicted molar refractivity (Wildman–Crippen MR) is 75.6 cm³/mol. The van der Waals surface area contributed by atoms with Gasteiger partial charge in [-0.1, -0.05) is 6.07 Å². The van der Waals surface area contributed by atoms with Crippen LogP contribution in [0.3, 0.4) is 0 Å². The Bertz CT molecular complexity index is 606. The Morgan fingerprint density at radius 2 is 2.10 bits per heavy atom. The Labute approximate surface area is 123 Å². The Morgan fingerprint density at radius 1 is 1.33 bits per heavy atom. The number of hydrogen-bond donors (Lipinski definition) is 1. The van der Waals surface area contributed by atoms with E-state index in [1.165, 1.54) is 12.1 Å². The summed E-state index contributed by atoms with van der Waals surface area (Å²) in [6.07, 6.45) is 4.07. The molecule has 0 aromatic heterocycles. The van der Waals surface area contributed by atoms with Crippen molar-refractivity contribution in [1.82, 2.24) is 4.90 Å². The first kappa shape index (κ1) is 14.0. The SMILES string of the molecule is N#Cc1cc(C2C(N)CCCC(=O)N2C2CC2)ccc1F. The summed E-state index contributed by atoms with van der Waals surface area (Å²) in [5, 5.41) is 9.00. The molecule has 21 heavy (non-hydrogen) atoms. The molecule has 1 aromatic carbocycles. The Balaban J connectivity index is 2.02. The van der Waals surface area contributed by atoms with Gasteiger partial charge < -0.3 is 10.6 Å². The quantitative estimate of drug-likeness (QED) is 0.907. The highest BCUT2D eigenvalue weighted by Gasteiger charge is 2.41. The number of carbonyl (C=O) groups excluding carboxylic acids is 1. The fraction of sp³-hybridized carbons (Fsp3) is 0.500. The number of rotatable bonds is 2. The van der Waals surface area contributed by atoms with Gasteiger partial charge in [0.05, 0.1) is 11.6 Å². The highest BCUT2D eigenvalue weighted by atomic mass is 19.1. The third-order valence-electron chi connectivity index (χ3n) is 4.31. The third kappa shape index (κ3) is 2.64. The smallest absolute Gasteiger partial charge is 0.223 e. The van der Waals surface area contributed by atoms with Gasteiger partial charge in [0.25, 0.3) is 0 Å². The van der Waals surface area contributed by atoms with Crippen molar-refractivity contribution in [3.8, 4) is 6.07 Å². The zero-order valence-corrected chi connectivity index (χ0v) is 11.8. The second-order valence-electron chi connectivity index (χ2n) is 5.88. The molecule has 0 bridgehead atoms. The van der Waals surface area contributed by atoms with Crippen LogP contribution in [0.1, 0.15) is 49.3 Å². The molecule has 1 aromatic rings. The minimum atomic E-state index is -0.534. The van der Waals surface area contributed by atoms with Crippen molar-refractivity contribution in [3.05, 3.63) is 35.1 Å². The van der Waals surface area contributed by atoms with Gasteiger partial charge in [0.15, 0.2) is 0 Å². The number of nitrogens with two attached hydrogens (primary N) is 1. The van der Waals surface area contributed by atoms with Crippen LogP contribution in [0.5, 0.6) is 0 Å². The van der Waals surface area contributed by atoms with Gasteiger partial charge in [-0.3, -0.25) is 4.79 Å². The topological polar surface area (TPSA) is 70.1 Å². The van der Waals surface area contributed by atoms with Crippen LogP contribution in [0.15, 0.2) is 18.2 Å². The summed E-state index contributed by atoms with van der Waals surface area (Å²) in [5.41, 5.74) is 7.06.